The van der Waals surface area contributed by atoms with Crippen molar-refractivity contribution in [1.82, 2.24) is 5.32 Å². The number of hydrogen-bond acceptors (Lipinski definition) is 2. The van der Waals surface area contributed by atoms with Crippen LogP contribution in [-0.4, -0.2) is 18.4 Å². The highest BCUT2D eigenvalue weighted by Crippen LogP contribution is 2.06. The average Bonchev–Trinajstić information content (AvgIpc) is 2.17. The fraction of sp³-hybridized carbons (Fsp3) is 0.462. The number of hydrogen-bond donors (Lipinski definition) is 1. The molecular weight excluding hydrogens is 205 g/mol. The molecule has 1 N–H and O–H groups in total. The molecule has 0 amide bonds. The van der Waals surface area contributed by atoms with Crippen LogP contribution in [0, 0.1) is 5.82 Å². The van der Waals surface area contributed by atoms with Crippen LogP contribution in [0.15, 0.2) is 24.3 Å². The quantitative estimate of drug-likeness (QED) is 0.802. The van der Waals surface area contributed by atoms with Gasteiger partial charge < -0.3 is 5.32 Å². The van der Waals surface area contributed by atoms with Crippen LogP contribution in [-0.2, 0) is 11.2 Å². The molecule has 0 saturated heterocycles. The van der Waals surface area contributed by atoms with Crippen LogP contribution in [0.25, 0.3) is 0 Å². The zero-order chi connectivity index (χ0) is 12.0. The van der Waals surface area contributed by atoms with Gasteiger partial charge in [-0.25, -0.2) is 4.39 Å². The molecule has 0 radical (unpaired) electrons. The Kier molecular flexibility index (Phi) is 5.12. The van der Waals surface area contributed by atoms with Gasteiger partial charge in [-0.05, 0) is 31.2 Å². The fourth-order valence-corrected chi connectivity index (χ4v) is 1.71. The summed E-state index contributed by atoms with van der Waals surface area (Å²) in [6.45, 7) is 4.84. The molecule has 0 fully saturated rings. The minimum absolute atomic E-state index is 0.138. The van der Waals surface area contributed by atoms with Crippen LogP contribution in [0.2, 0.25) is 0 Å². The van der Waals surface area contributed by atoms with Crippen molar-refractivity contribution in [2.75, 3.05) is 6.54 Å². The van der Waals surface area contributed by atoms with Gasteiger partial charge in [-0.1, -0.05) is 19.1 Å². The SMILES string of the molecule is CCNC(C)CC(=O)Cc1cccc(F)c1. The Bertz CT molecular complexity index is 352. The minimum Gasteiger partial charge on any atom is -0.314 e. The van der Waals surface area contributed by atoms with Crippen LogP contribution >= 0.6 is 0 Å². The summed E-state index contributed by atoms with van der Waals surface area (Å²) in [6, 6.07) is 6.39. The molecule has 0 bridgehead atoms. The molecular formula is C13H18FNO. The summed E-state index contributed by atoms with van der Waals surface area (Å²) in [4.78, 5) is 11.6. The molecule has 16 heavy (non-hydrogen) atoms. The number of Topliss-reactive ketones (excluding diaryl/α,β-unsaturated/α-hetero) is 1. The van der Waals surface area contributed by atoms with Gasteiger partial charge in [-0.15, -0.1) is 0 Å². The molecule has 0 aliphatic heterocycles. The van der Waals surface area contributed by atoms with E-state index in [1.165, 1.54) is 12.1 Å². The van der Waals surface area contributed by atoms with Crippen molar-refractivity contribution in [3.63, 3.8) is 0 Å². The van der Waals surface area contributed by atoms with E-state index in [2.05, 4.69) is 5.32 Å². The lowest BCUT2D eigenvalue weighted by Crippen LogP contribution is -2.28. The second-order valence-electron chi connectivity index (χ2n) is 4.01. The molecule has 0 heterocycles. The monoisotopic (exact) mass is 223 g/mol. The summed E-state index contributed by atoms with van der Waals surface area (Å²) in [5, 5.41) is 3.18. The van der Waals surface area contributed by atoms with E-state index >= 15 is 0 Å². The highest BCUT2D eigenvalue weighted by Gasteiger charge is 2.09. The van der Waals surface area contributed by atoms with Crippen molar-refractivity contribution in [3.05, 3.63) is 35.6 Å². The van der Waals surface area contributed by atoms with E-state index in [0.29, 0.717) is 12.8 Å². The third kappa shape index (κ3) is 4.53. The largest absolute Gasteiger partial charge is 0.314 e. The first-order chi connectivity index (χ1) is 7.61. The van der Waals surface area contributed by atoms with Gasteiger partial charge in [-0.3, -0.25) is 4.79 Å². The first-order valence-electron chi connectivity index (χ1n) is 5.61. The molecule has 1 aromatic rings. The Labute approximate surface area is 95.9 Å². The smallest absolute Gasteiger partial charge is 0.138 e. The van der Waals surface area contributed by atoms with Crippen LogP contribution in [0.1, 0.15) is 25.8 Å². The molecule has 1 unspecified atom stereocenters. The topological polar surface area (TPSA) is 29.1 Å². The van der Waals surface area contributed by atoms with E-state index in [9.17, 15) is 9.18 Å². The zero-order valence-electron chi connectivity index (χ0n) is 9.79. The van der Waals surface area contributed by atoms with E-state index in [1.807, 2.05) is 13.8 Å². The highest BCUT2D eigenvalue weighted by molar-refractivity contribution is 5.81. The Balaban J connectivity index is 2.45. The number of carbonyl (C=O) groups is 1. The van der Waals surface area contributed by atoms with Gasteiger partial charge in [0, 0.05) is 18.9 Å². The Morgan fingerprint density at radius 3 is 2.88 bits per heavy atom. The van der Waals surface area contributed by atoms with Crippen molar-refractivity contribution in [2.45, 2.75) is 32.7 Å². The number of halogens is 1. The predicted molar refractivity (Wildman–Crippen MR) is 62.9 cm³/mol. The van der Waals surface area contributed by atoms with Gasteiger partial charge in [0.25, 0.3) is 0 Å². The third-order valence-corrected chi connectivity index (χ3v) is 2.38. The summed E-state index contributed by atoms with van der Waals surface area (Å²) in [5.41, 5.74) is 0.744. The standard InChI is InChI=1S/C13H18FNO/c1-3-15-10(2)7-13(16)9-11-5-4-6-12(14)8-11/h4-6,8,10,15H,3,7,9H2,1-2H3. The van der Waals surface area contributed by atoms with Crippen molar-refractivity contribution >= 4 is 5.78 Å². The number of benzene rings is 1. The van der Waals surface area contributed by atoms with Gasteiger partial charge in [-0.2, -0.15) is 0 Å². The predicted octanol–water partition coefficient (Wildman–Crippen LogP) is 2.33. The molecule has 1 aromatic carbocycles. The van der Waals surface area contributed by atoms with Crippen molar-refractivity contribution in [3.8, 4) is 0 Å². The van der Waals surface area contributed by atoms with Crippen LogP contribution in [0.5, 0.6) is 0 Å². The van der Waals surface area contributed by atoms with E-state index < -0.39 is 0 Å². The summed E-state index contributed by atoms with van der Waals surface area (Å²) in [7, 11) is 0. The maximum absolute atomic E-state index is 12.9. The third-order valence-electron chi connectivity index (χ3n) is 2.38. The van der Waals surface area contributed by atoms with E-state index in [4.69, 9.17) is 0 Å². The van der Waals surface area contributed by atoms with Gasteiger partial charge in [0.1, 0.15) is 11.6 Å². The summed E-state index contributed by atoms with van der Waals surface area (Å²) in [5.74, 6) is -0.149. The van der Waals surface area contributed by atoms with Crippen molar-refractivity contribution < 1.29 is 9.18 Å². The zero-order valence-corrected chi connectivity index (χ0v) is 9.79. The van der Waals surface area contributed by atoms with E-state index in [1.54, 1.807) is 12.1 Å². The van der Waals surface area contributed by atoms with Crippen LogP contribution in [0.3, 0.4) is 0 Å². The molecule has 88 valence electrons. The summed E-state index contributed by atoms with van der Waals surface area (Å²) < 4.78 is 12.9. The van der Waals surface area contributed by atoms with Crippen molar-refractivity contribution in [2.24, 2.45) is 0 Å². The van der Waals surface area contributed by atoms with Crippen LogP contribution < -0.4 is 5.32 Å². The number of carbonyl (C=O) groups excluding carboxylic acids is 1. The molecule has 3 heteroatoms. The minimum atomic E-state index is -0.287. The highest BCUT2D eigenvalue weighted by atomic mass is 19.1. The molecule has 0 aromatic heterocycles. The first kappa shape index (κ1) is 12.8. The van der Waals surface area contributed by atoms with E-state index in [0.717, 1.165) is 12.1 Å². The second-order valence-corrected chi connectivity index (χ2v) is 4.01. The van der Waals surface area contributed by atoms with Gasteiger partial charge >= 0.3 is 0 Å². The summed E-state index contributed by atoms with van der Waals surface area (Å²) in [6.07, 6.45) is 0.803. The Hall–Kier alpha value is -1.22. The van der Waals surface area contributed by atoms with Crippen LogP contribution in [0.4, 0.5) is 4.39 Å². The maximum atomic E-state index is 12.9. The fourth-order valence-electron chi connectivity index (χ4n) is 1.71. The first-order valence-corrected chi connectivity index (χ1v) is 5.61. The lowest BCUT2D eigenvalue weighted by Gasteiger charge is -2.10. The Morgan fingerprint density at radius 2 is 2.25 bits per heavy atom. The normalized spacial score (nSPS) is 12.4. The molecule has 1 atom stereocenters. The average molecular weight is 223 g/mol. The van der Waals surface area contributed by atoms with Gasteiger partial charge in [0.05, 0.1) is 0 Å². The Morgan fingerprint density at radius 1 is 1.50 bits per heavy atom. The van der Waals surface area contributed by atoms with Gasteiger partial charge in [0.2, 0.25) is 0 Å². The number of ketones is 1. The molecule has 1 rings (SSSR count). The second kappa shape index (κ2) is 6.38. The molecule has 0 spiro atoms. The molecule has 0 saturated carbocycles. The lowest BCUT2D eigenvalue weighted by atomic mass is 10.0. The van der Waals surface area contributed by atoms with Crippen molar-refractivity contribution in [1.29, 1.82) is 0 Å². The molecule has 2 nitrogen and oxygen atoms in total. The lowest BCUT2D eigenvalue weighted by molar-refractivity contribution is -0.118. The molecule has 0 aliphatic rings. The maximum Gasteiger partial charge on any atom is 0.138 e. The number of rotatable bonds is 6. The van der Waals surface area contributed by atoms with Gasteiger partial charge in [0.15, 0.2) is 0 Å². The van der Waals surface area contributed by atoms with E-state index in [-0.39, 0.29) is 17.6 Å². The molecule has 0 aliphatic carbocycles. The number of nitrogens with one attached hydrogen (secondary N) is 1. The summed E-state index contributed by atoms with van der Waals surface area (Å²) >= 11 is 0.